The van der Waals surface area contributed by atoms with E-state index in [9.17, 15) is 9.59 Å². The summed E-state index contributed by atoms with van der Waals surface area (Å²) in [6, 6.07) is 9.08. The maximum Gasteiger partial charge on any atom is 0.356 e. The molecule has 140 valence electrons. The number of hydrogen-bond acceptors (Lipinski definition) is 3. The van der Waals surface area contributed by atoms with Crippen molar-refractivity contribution in [1.82, 2.24) is 15.1 Å². The highest BCUT2D eigenvalue weighted by molar-refractivity contribution is 5.85. The third-order valence-corrected chi connectivity index (χ3v) is 4.85. The number of carboxylic acids is 1. The van der Waals surface area contributed by atoms with Gasteiger partial charge in [-0.15, -0.1) is 0 Å². The summed E-state index contributed by atoms with van der Waals surface area (Å²) in [6.07, 6.45) is 3.36. The SMILES string of the molecule is CCC(C)c1ccc(C(CC)NC(=O)C(C)n2ccc(C(=O)O)n2)cc1. The second-order valence-electron chi connectivity index (χ2n) is 6.61. The van der Waals surface area contributed by atoms with Gasteiger partial charge in [0.2, 0.25) is 5.91 Å². The lowest BCUT2D eigenvalue weighted by molar-refractivity contribution is -0.125. The van der Waals surface area contributed by atoms with Gasteiger partial charge in [0.15, 0.2) is 5.69 Å². The zero-order valence-electron chi connectivity index (χ0n) is 15.8. The van der Waals surface area contributed by atoms with E-state index >= 15 is 0 Å². The van der Waals surface area contributed by atoms with Gasteiger partial charge in [0, 0.05) is 6.20 Å². The molecule has 0 spiro atoms. The Balaban J connectivity index is 2.08. The fourth-order valence-electron chi connectivity index (χ4n) is 2.79. The number of carbonyl (C=O) groups excluding carboxylic acids is 1. The maximum absolute atomic E-state index is 12.6. The Morgan fingerprint density at radius 3 is 2.19 bits per heavy atom. The summed E-state index contributed by atoms with van der Waals surface area (Å²) in [6.45, 7) is 8.09. The van der Waals surface area contributed by atoms with E-state index in [2.05, 4.69) is 48.5 Å². The molecule has 0 saturated carbocycles. The predicted molar refractivity (Wildman–Crippen MR) is 100 cm³/mol. The molecule has 0 fully saturated rings. The number of benzene rings is 1. The Kier molecular flexibility index (Phi) is 6.55. The number of nitrogens with one attached hydrogen (secondary N) is 1. The minimum Gasteiger partial charge on any atom is -0.476 e. The van der Waals surface area contributed by atoms with E-state index in [-0.39, 0.29) is 17.6 Å². The van der Waals surface area contributed by atoms with Crippen LogP contribution in [0.3, 0.4) is 0 Å². The number of amides is 1. The van der Waals surface area contributed by atoms with Crippen molar-refractivity contribution in [3.8, 4) is 0 Å². The van der Waals surface area contributed by atoms with E-state index in [1.807, 2.05) is 6.92 Å². The minimum atomic E-state index is -1.11. The highest BCUT2D eigenvalue weighted by Crippen LogP contribution is 2.23. The van der Waals surface area contributed by atoms with Crippen molar-refractivity contribution in [2.24, 2.45) is 0 Å². The second kappa shape index (κ2) is 8.65. The van der Waals surface area contributed by atoms with Gasteiger partial charge in [-0.1, -0.05) is 45.0 Å². The summed E-state index contributed by atoms with van der Waals surface area (Å²) < 4.78 is 1.37. The smallest absolute Gasteiger partial charge is 0.356 e. The van der Waals surface area contributed by atoms with E-state index in [4.69, 9.17) is 5.11 Å². The summed E-state index contributed by atoms with van der Waals surface area (Å²) in [5.41, 5.74) is 2.28. The monoisotopic (exact) mass is 357 g/mol. The van der Waals surface area contributed by atoms with Crippen LogP contribution in [0.1, 0.15) is 80.2 Å². The Hall–Kier alpha value is -2.63. The van der Waals surface area contributed by atoms with Crippen molar-refractivity contribution in [3.05, 3.63) is 53.3 Å². The predicted octanol–water partition coefficient (Wildman–Crippen LogP) is 3.92. The molecule has 0 aliphatic rings. The normalized spacial score (nSPS) is 14.5. The molecule has 2 rings (SSSR count). The molecule has 3 atom stereocenters. The quantitative estimate of drug-likeness (QED) is 0.750. The van der Waals surface area contributed by atoms with Gasteiger partial charge in [0.05, 0.1) is 6.04 Å². The Morgan fingerprint density at radius 1 is 1.08 bits per heavy atom. The second-order valence-corrected chi connectivity index (χ2v) is 6.61. The van der Waals surface area contributed by atoms with Crippen molar-refractivity contribution in [1.29, 1.82) is 0 Å². The lowest BCUT2D eigenvalue weighted by Gasteiger charge is -2.21. The van der Waals surface area contributed by atoms with Crippen molar-refractivity contribution in [2.75, 3.05) is 0 Å². The maximum atomic E-state index is 12.6. The molecule has 1 aromatic carbocycles. The van der Waals surface area contributed by atoms with Crippen LogP contribution in [0.2, 0.25) is 0 Å². The highest BCUT2D eigenvalue weighted by Gasteiger charge is 2.21. The van der Waals surface area contributed by atoms with Crippen LogP contribution >= 0.6 is 0 Å². The number of carboxylic acid groups (broad SMARTS) is 1. The largest absolute Gasteiger partial charge is 0.476 e. The molecule has 6 heteroatoms. The highest BCUT2D eigenvalue weighted by atomic mass is 16.4. The van der Waals surface area contributed by atoms with Gasteiger partial charge in [0.1, 0.15) is 6.04 Å². The molecular formula is C20H27N3O3. The van der Waals surface area contributed by atoms with E-state index in [1.54, 1.807) is 6.92 Å². The molecule has 0 aliphatic carbocycles. The molecule has 6 nitrogen and oxygen atoms in total. The van der Waals surface area contributed by atoms with E-state index in [1.165, 1.54) is 22.5 Å². The van der Waals surface area contributed by atoms with Crippen LogP contribution in [0.15, 0.2) is 36.5 Å². The lowest BCUT2D eigenvalue weighted by atomic mass is 9.95. The van der Waals surface area contributed by atoms with Crippen molar-refractivity contribution in [3.63, 3.8) is 0 Å². The first-order valence-electron chi connectivity index (χ1n) is 9.06. The number of hydrogen-bond donors (Lipinski definition) is 2. The van der Waals surface area contributed by atoms with E-state index in [0.29, 0.717) is 5.92 Å². The first-order valence-corrected chi connectivity index (χ1v) is 9.06. The van der Waals surface area contributed by atoms with Gasteiger partial charge in [-0.25, -0.2) is 4.79 Å². The van der Waals surface area contributed by atoms with Gasteiger partial charge >= 0.3 is 5.97 Å². The van der Waals surface area contributed by atoms with Gasteiger partial charge in [-0.05, 0) is 42.9 Å². The molecule has 26 heavy (non-hydrogen) atoms. The first kappa shape index (κ1) is 19.7. The molecule has 0 saturated heterocycles. The minimum absolute atomic E-state index is 0.0719. The zero-order valence-corrected chi connectivity index (χ0v) is 15.8. The van der Waals surface area contributed by atoms with Gasteiger partial charge < -0.3 is 10.4 Å². The zero-order chi connectivity index (χ0) is 19.3. The molecule has 2 aromatic rings. The summed E-state index contributed by atoms with van der Waals surface area (Å²) in [5.74, 6) is -0.783. The van der Waals surface area contributed by atoms with Crippen molar-refractivity contribution >= 4 is 11.9 Å². The van der Waals surface area contributed by atoms with Crippen LogP contribution < -0.4 is 5.32 Å². The van der Waals surface area contributed by atoms with Gasteiger partial charge in [0.25, 0.3) is 0 Å². The fraction of sp³-hybridized carbons (Fsp3) is 0.450. The topological polar surface area (TPSA) is 84.2 Å². The van der Waals surface area contributed by atoms with E-state index < -0.39 is 12.0 Å². The van der Waals surface area contributed by atoms with Crippen LogP contribution in [0.5, 0.6) is 0 Å². The third-order valence-electron chi connectivity index (χ3n) is 4.85. The van der Waals surface area contributed by atoms with Crippen LogP contribution in [-0.4, -0.2) is 26.8 Å². The Labute approximate surface area is 154 Å². The average Bonchev–Trinajstić information content (AvgIpc) is 3.15. The Bertz CT molecular complexity index is 752. The molecule has 1 heterocycles. The number of aromatic nitrogens is 2. The average molecular weight is 357 g/mol. The molecular weight excluding hydrogens is 330 g/mol. The van der Waals surface area contributed by atoms with Crippen LogP contribution in [0.25, 0.3) is 0 Å². The van der Waals surface area contributed by atoms with Crippen molar-refractivity contribution < 1.29 is 14.7 Å². The van der Waals surface area contributed by atoms with Crippen molar-refractivity contribution in [2.45, 2.75) is 58.5 Å². The molecule has 3 unspecified atom stereocenters. The molecule has 0 aliphatic heterocycles. The molecule has 1 amide bonds. The Morgan fingerprint density at radius 2 is 1.69 bits per heavy atom. The summed E-state index contributed by atoms with van der Waals surface area (Å²) >= 11 is 0. The molecule has 0 radical (unpaired) electrons. The van der Waals surface area contributed by atoms with Gasteiger partial charge in [-0.2, -0.15) is 5.10 Å². The summed E-state index contributed by atoms with van der Waals surface area (Å²) in [7, 11) is 0. The standard InChI is InChI=1S/C20H27N3O3/c1-5-13(3)15-7-9-16(10-8-15)17(6-2)21-19(24)14(4)23-12-11-18(22-23)20(25)26/h7-14,17H,5-6H2,1-4H3,(H,21,24)(H,25,26). The molecule has 2 N–H and O–H groups in total. The molecule has 0 bridgehead atoms. The van der Waals surface area contributed by atoms with Gasteiger partial charge in [-0.3, -0.25) is 9.48 Å². The first-order chi connectivity index (χ1) is 12.4. The summed E-state index contributed by atoms with van der Waals surface area (Å²) in [4.78, 5) is 23.5. The molecule has 1 aromatic heterocycles. The van der Waals surface area contributed by atoms with E-state index in [0.717, 1.165) is 18.4 Å². The number of nitrogens with zero attached hydrogens (tertiary/aromatic N) is 2. The summed E-state index contributed by atoms with van der Waals surface area (Å²) in [5, 5.41) is 15.9. The fourth-order valence-corrected chi connectivity index (χ4v) is 2.79. The number of carbonyl (C=O) groups is 2. The third kappa shape index (κ3) is 4.50. The van der Waals surface area contributed by atoms with Crippen LogP contribution in [0.4, 0.5) is 0 Å². The lowest BCUT2D eigenvalue weighted by Crippen LogP contribution is -2.34. The number of rotatable bonds is 8. The van der Waals surface area contributed by atoms with Crippen LogP contribution in [-0.2, 0) is 4.79 Å². The van der Waals surface area contributed by atoms with Crippen LogP contribution in [0, 0.1) is 0 Å². The number of aromatic carboxylic acids is 1.